The van der Waals surface area contributed by atoms with Crippen LogP contribution in [0.15, 0.2) is 27.8 Å². The number of rotatable bonds is 5. The normalized spacial score (nSPS) is 14.3. The number of carbonyl (C=O) groups excluding carboxylic acids is 1. The number of halogens is 1. The Morgan fingerprint density at radius 3 is 2.59 bits per heavy atom. The first-order chi connectivity index (χ1) is 15.3. The van der Waals surface area contributed by atoms with Gasteiger partial charge in [-0.3, -0.25) is 18.7 Å². The molecule has 1 fully saturated rings. The highest BCUT2D eigenvalue weighted by atomic mass is 32.1. The van der Waals surface area contributed by atoms with Crippen LogP contribution in [0.1, 0.15) is 44.7 Å². The third-order valence-corrected chi connectivity index (χ3v) is 6.70. The number of aromatic nitrogens is 3. The van der Waals surface area contributed by atoms with Crippen LogP contribution in [0.3, 0.4) is 0 Å². The molecule has 0 atom stereocenters. The third-order valence-electron chi connectivity index (χ3n) is 5.60. The van der Waals surface area contributed by atoms with Gasteiger partial charge in [0, 0.05) is 24.8 Å². The number of nitrogens with one attached hydrogen (secondary N) is 1. The molecular formula is C22H26FN5O3S. The Morgan fingerprint density at radius 1 is 1.22 bits per heavy atom. The molecule has 170 valence electrons. The van der Waals surface area contributed by atoms with Crippen LogP contribution >= 0.6 is 11.3 Å². The van der Waals surface area contributed by atoms with Crippen LogP contribution in [0.4, 0.5) is 15.2 Å². The molecule has 1 aliphatic heterocycles. The molecule has 1 aliphatic rings. The number of fused-ring (bicyclic) bond motifs is 1. The minimum Gasteiger partial charge on any atom is -0.348 e. The quantitative estimate of drug-likeness (QED) is 0.633. The summed E-state index contributed by atoms with van der Waals surface area (Å²) in [5.74, 6) is -0.931. The maximum atomic E-state index is 13.8. The Hall–Kier alpha value is -3.01. The lowest BCUT2D eigenvalue weighted by Gasteiger charge is -2.25. The van der Waals surface area contributed by atoms with Gasteiger partial charge in [0.15, 0.2) is 10.8 Å². The topological polar surface area (TPSA) is 89.2 Å². The Labute approximate surface area is 188 Å². The maximum Gasteiger partial charge on any atom is 0.333 e. The molecule has 0 unspecified atom stereocenters. The van der Waals surface area contributed by atoms with E-state index in [0.717, 1.165) is 36.9 Å². The average Bonchev–Trinajstić information content (AvgIpc) is 3.20. The number of amides is 1. The minimum absolute atomic E-state index is 0.215. The van der Waals surface area contributed by atoms with Crippen LogP contribution in [-0.2, 0) is 11.3 Å². The standard InChI is InChI=1S/C22H26FN5O3S/c1-13(2)28-20(30)18-19(25-21(32-18)26-9-5-4-6-10-26)27(22(28)31)12-17(29)24-15-8-7-14(3)16(23)11-15/h7-8,11,13H,4-6,9-10,12H2,1-3H3,(H,24,29). The van der Waals surface area contributed by atoms with Crippen molar-refractivity contribution in [2.24, 2.45) is 0 Å². The van der Waals surface area contributed by atoms with E-state index in [1.165, 1.54) is 22.0 Å². The number of hydrogen-bond acceptors (Lipinski definition) is 6. The molecule has 3 heterocycles. The average molecular weight is 460 g/mol. The molecule has 1 aromatic carbocycles. The zero-order chi connectivity index (χ0) is 23.0. The van der Waals surface area contributed by atoms with Gasteiger partial charge in [0.25, 0.3) is 5.56 Å². The predicted octanol–water partition coefficient (Wildman–Crippen LogP) is 3.28. The van der Waals surface area contributed by atoms with Gasteiger partial charge in [-0.25, -0.2) is 14.2 Å². The highest BCUT2D eigenvalue weighted by Gasteiger charge is 2.23. The Bertz CT molecular complexity index is 1290. The molecule has 0 saturated carbocycles. The summed E-state index contributed by atoms with van der Waals surface area (Å²) in [6.45, 7) is 6.50. The zero-order valence-electron chi connectivity index (χ0n) is 18.4. The lowest BCUT2D eigenvalue weighted by Crippen LogP contribution is -2.42. The monoisotopic (exact) mass is 459 g/mol. The van der Waals surface area contributed by atoms with Gasteiger partial charge < -0.3 is 10.2 Å². The number of carbonyl (C=O) groups is 1. The zero-order valence-corrected chi connectivity index (χ0v) is 19.2. The molecule has 1 N–H and O–H groups in total. The summed E-state index contributed by atoms with van der Waals surface area (Å²) in [5.41, 5.74) is 0.00785. The van der Waals surface area contributed by atoms with Gasteiger partial charge in [-0.1, -0.05) is 17.4 Å². The number of benzene rings is 1. The van der Waals surface area contributed by atoms with Crippen LogP contribution in [0.25, 0.3) is 10.3 Å². The van der Waals surface area contributed by atoms with Gasteiger partial charge in [-0.2, -0.15) is 0 Å². The van der Waals surface area contributed by atoms with Crippen molar-refractivity contribution in [3.05, 3.63) is 50.4 Å². The smallest absolute Gasteiger partial charge is 0.333 e. The van der Waals surface area contributed by atoms with Gasteiger partial charge >= 0.3 is 5.69 Å². The van der Waals surface area contributed by atoms with Crippen molar-refractivity contribution in [1.82, 2.24) is 14.1 Å². The largest absolute Gasteiger partial charge is 0.348 e. The van der Waals surface area contributed by atoms with E-state index in [9.17, 15) is 18.8 Å². The summed E-state index contributed by atoms with van der Waals surface area (Å²) in [7, 11) is 0. The number of piperidine rings is 1. The van der Waals surface area contributed by atoms with Crippen molar-refractivity contribution in [1.29, 1.82) is 0 Å². The second-order valence-corrected chi connectivity index (χ2v) is 9.32. The van der Waals surface area contributed by atoms with Crippen LogP contribution in [0, 0.1) is 12.7 Å². The molecule has 2 aromatic heterocycles. The van der Waals surface area contributed by atoms with E-state index in [1.54, 1.807) is 32.9 Å². The van der Waals surface area contributed by atoms with Crippen LogP contribution in [0.5, 0.6) is 0 Å². The minimum atomic E-state index is -0.585. The van der Waals surface area contributed by atoms with Gasteiger partial charge in [-0.05, 0) is 57.7 Å². The van der Waals surface area contributed by atoms with Gasteiger partial charge in [-0.15, -0.1) is 0 Å². The number of hydrogen-bond donors (Lipinski definition) is 1. The van der Waals surface area contributed by atoms with Crippen LogP contribution in [-0.4, -0.2) is 33.1 Å². The summed E-state index contributed by atoms with van der Waals surface area (Å²) >= 11 is 1.26. The molecule has 1 amide bonds. The Morgan fingerprint density at radius 2 is 1.94 bits per heavy atom. The number of aryl methyl sites for hydroxylation is 1. The van der Waals surface area contributed by atoms with Crippen molar-refractivity contribution in [3.8, 4) is 0 Å². The first-order valence-electron chi connectivity index (χ1n) is 10.7. The van der Waals surface area contributed by atoms with E-state index >= 15 is 0 Å². The van der Waals surface area contributed by atoms with E-state index in [0.29, 0.717) is 21.1 Å². The molecule has 0 bridgehead atoms. The highest BCUT2D eigenvalue weighted by molar-refractivity contribution is 7.22. The fraction of sp³-hybridized carbons (Fsp3) is 0.455. The maximum absolute atomic E-state index is 13.8. The summed E-state index contributed by atoms with van der Waals surface area (Å²) in [4.78, 5) is 45.7. The Kier molecular flexibility index (Phi) is 6.14. The fourth-order valence-corrected chi connectivity index (χ4v) is 4.93. The van der Waals surface area contributed by atoms with Crippen molar-refractivity contribution in [2.45, 2.75) is 52.6 Å². The van der Waals surface area contributed by atoms with Gasteiger partial charge in [0.05, 0.1) is 0 Å². The lowest BCUT2D eigenvalue weighted by molar-refractivity contribution is -0.116. The predicted molar refractivity (Wildman–Crippen MR) is 124 cm³/mol. The van der Waals surface area contributed by atoms with E-state index in [-0.39, 0.29) is 18.2 Å². The van der Waals surface area contributed by atoms with Crippen molar-refractivity contribution >= 4 is 38.4 Å². The van der Waals surface area contributed by atoms with Crippen molar-refractivity contribution < 1.29 is 9.18 Å². The SMILES string of the molecule is Cc1ccc(NC(=O)Cn2c(=O)n(C(C)C)c(=O)c3sc(N4CCCCC4)nc32)cc1F. The first-order valence-corrected chi connectivity index (χ1v) is 11.5. The van der Waals surface area contributed by atoms with Crippen LogP contribution in [0.2, 0.25) is 0 Å². The molecule has 32 heavy (non-hydrogen) atoms. The first kappa shape index (κ1) is 22.2. The molecule has 4 rings (SSSR count). The molecule has 3 aromatic rings. The second-order valence-electron chi connectivity index (χ2n) is 8.35. The number of anilines is 2. The van der Waals surface area contributed by atoms with Gasteiger partial charge in [0.1, 0.15) is 17.1 Å². The molecule has 0 spiro atoms. The van der Waals surface area contributed by atoms with Crippen molar-refractivity contribution in [2.75, 3.05) is 23.3 Å². The van der Waals surface area contributed by atoms with E-state index < -0.39 is 23.0 Å². The Balaban J connectivity index is 1.75. The lowest BCUT2D eigenvalue weighted by atomic mass is 10.1. The van der Waals surface area contributed by atoms with Crippen molar-refractivity contribution in [3.63, 3.8) is 0 Å². The third kappa shape index (κ3) is 4.19. The summed E-state index contributed by atoms with van der Waals surface area (Å²) in [6, 6.07) is 4.03. The molecule has 1 saturated heterocycles. The van der Waals surface area contributed by atoms with Gasteiger partial charge in [0.2, 0.25) is 5.91 Å². The molecule has 0 radical (unpaired) electrons. The summed E-state index contributed by atoms with van der Waals surface area (Å²) in [5, 5.41) is 3.31. The number of nitrogens with zero attached hydrogens (tertiary/aromatic N) is 4. The molecule has 10 heteroatoms. The molecular weight excluding hydrogens is 433 g/mol. The summed E-state index contributed by atoms with van der Waals surface area (Å²) < 4.78 is 16.6. The summed E-state index contributed by atoms with van der Waals surface area (Å²) in [6.07, 6.45) is 3.26. The van der Waals surface area contributed by atoms with E-state index in [4.69, 9.17) is 0 Å². The number of thiazole rings is 1. The second kappa shape index (κ2) is 8.85. The van der Waals surface area contributed by atoms with E-state index in [2.05, 4.69) is 15.2 Å². The highest BCUT2D eigenvalue weighted by Crippen LogP contribution is 2.28. The molecule has 8 nitrogen and oxygen atoms in total. The van der Waals surface area contributed by atoms with E-state index in [1.807, 2.05) is 0 Å². The fourth-order valence-electron chi connectivity index (χ4n) is 3.87. The molecule has 0 aliphatic carbocycles. The van der Waals surface area contributed by atoms with Crippen LogP contribution < -0.4 is 21.5 Å².